The van der Waals surface area contributed by atoms with Crippen molar-refractivity contribution in [2.45, 2.75) is 59.6 Å². The summed E-state index contributed by atoms with van der Waals surface area (Å²) in [6.45, 7) is 9.59. The van der Waals surface area contributed by atoms with Gasteiger partial charge in [0.05, 0.1) is 6.10 Å². The Labute approximate surface area is 109 Å². The molecule has 0 aromatic carbocycles. The van der Waals surface area contributed by atoms with E-state index in [1.54, 1.807) is 0 Å². The van der Waals surface area contributed by atoms with Crippen LogP contribution in [0.2, 0.25) is 0 Å². The second kappa shape index (κ2) is 6.73. The van der Waals surface area contributed by atoms with Crippen LogP contribution in [0, 0.1) is 11.3 Å². The number of carboxylic acids is 1. The molecule has 0 spiro atoms. The van der Waals surface area contributed by atoms with Crippen LogP contribution in [0.4, 0.5) is 0 Å². The molecule has 106 valence electrons. The first-order chi connectivity index (χ1) is 8.03. The summed E-state index contributed by atoms with van der Waals surface area (Å²) in [5.41, 5.74) is 0.135. The Bertz CT molecular complexity index is 294. The van der Waals surface area contributed by atoms with Crippen LogP contribution in [0.5, 0.6) is 0 Å². The lowest BCUT2D eigenvalue weighted by Gasteiger charge is -2.24. The molecule has 0 saturated carbocycles. The van der Waals surface area contributed by atoms with Gasteiger partial charge < -0.3 is 15.5 Å². The van der Waals surface area contributed by atoms with Gasteiger partial charge in [0.15, 0.2) is 6.04 Å². The number of aliphatic carboxylic acids is 1. The van der Waals surface area contributed by atoms with E-state index in [2.05, 4.69) is 26.1 Å². The standard InChI is InChI=1S/C13H25NO4/c1-8(7-13(3,4)5)6-10(16)14-11(9(2)15)12(17)18/h8-9,11,15H,6-7H2,1-5H3,(H,14,16)(H,17,18). The molecular formula is C13H25NO4. The van der Waals surface area contributed by atoms with E-state index in [0.29, 0.717) is 0 Å². The van der Waals surface area contributed by atoms with Crippen LogP contribution in [-0.2, 0) is 9.59 Å². The predicted octanol–water partition coefficient (Wildman–Crippen LogP) is 1.40. The molecule has 0 saturated heterocycles. The number of carboxylic acid groups (broad SMARTS) is 1. The smallest absolute Gasteiger partial charge is 0.328 e. The lowest BCUT2D eigenvalue weighted by atomic mass is 9.84. The zero-order valence-corrected chi connectivity index (χ0v) is 11.9. The molecule has 0 fully saturated rings. The number of amides is 1. The van der Waals surface area contributed by atoms with Gasteiger partial charge in [-0.2, -0.15) is 0 Å². The summed E-state index contributed by atoms with van der Waals surface area (Å²) in [5.74, 6) is -1.38. The molecule has 0 aliphatic rings. The van der Waals surface area contributed by atoms with E-state index < -0.39 is 18.1 Å². The third-order valence-electron chi connectivity index (χ3n) is 2.56. The van der Waals surface area contributed by atoms with Gasteiger partial charge in [-0.25, -0.2) is 4.79 Å². The second-order valence-electron chi connectivity index (χ2n) is 6.20. The number of aliphatic hydroxyl groups excluding tert-OH is 1. The monoisotopic (exact) mass is 259 g/mol. The minimum absolute atomic E-state index is 0.135. The van der Waals surface area contributed by atoms with Crippen molar-refractivity contribution in [2.24, 2.45) is 11.3 Å². The topological polar surface area (TPSA) is 86.6 Å². The van der Waals surface area contributed by atoms with Gasteiger partial charge in [-0.3, -0.25) is 4.79 Å². The molecule has 1 amide bonds. The maximum Gasteiger partial charge on any atom is 0.328 e. The molecule has 0 aliphatic heterocycles. The Hall–Kier alpha value is -1.10. The van der Waals surface area contributed by atoms with E-state index in [9.17, 15) is 14.7 Å². The predicted molar refractivity (Wildman–Crippen MR) is 69.1 cm³/mol. The fourth-order valence-corrected chi connectivity index (χ4v) is 2.06. The number of rotatable bonds is 6. The van der Waals surface area contributed by atoms with Crippen molar-refractivity contribution < 1.29 is 19.8 Å². The number of nitrogens with one attached hydrogen (secondary N) is 1. The molecule has 0 aromatic rings. The van der Waals surface area contributed by atoms with Crippen molar-refractivity contribution in [3.8, 4) is 0 Å². The Morgan fingerprint density at radius 2 is 1.72 bits per heavy atom. The quantitative estimate of drug-likeness (QED) is 0.673. The van der Waals surface area contributed by atoms with Crippen LogP contribution in [0.15, 0.2) is 0 Å². The highest BCUT2D eigenvalue weighted by Gasteiger charge is 2.26. The highest BCUT2D eigenvalue weighted by molar-refractivity contribution is 5.84. The van der Waals surface area contributed by atoms with E-state index in [1.807, 2.05) is 6.92 Å². The average Bonchev–Trinajstić information content (AvgIpc) is 2.09. The first-order valence-electron chi connectivity index (χ1n) is 6.23. The van der Waals surface area contributed by atoms with Crippen molar-refractivity contribution in [3.05, 3.63) is 0 Å². The maximum absolute atomic E-state index is 11.7. The van der Waals surface area contributed by atoms with E-state index in [-0.39, 0.29) is 23.7 Å². The van der Waals surface area contributed by atoms with Gasteiger partial charge >= 0.3 is 5.97 Å². The third-order valence-corrected chi connectivity index (χ3v) is 2.56. The van der Waals surface area contributed by atoms with E-state index in [0.717, 1.165) is 6.42 Å². The highest BCUT2D eigenvalue weighted by Crippen LogP contribution is 2.25. The van der Waals surface area contributed by atoms with E-state index in [1.165, 1.54) is 6.92 Å². The lowest BCUT2D eigenvalue weighted by Crippen LogP contribution is -2.48. The minimum Gasteiger partial charge on any atom is -0.480 e. The molecule has 3 N–H and O–H groups in total. The van der Waals surface area contributed by atoms with Gasteiger partial charge in [-0.05, 0) is 24.7 Å². The minimum atomic E-state index is -1.24. The van der Waals surface area contributed by atoms with Gasteiger partial charge in [0.1, 0.15) is 0 Å². The van der Waals surface area contributed by atoms with Gasteiger partial charge in [-0.15, -0.1) is 0 Å². The van der Waals surface area contributed by atoms with Gasteiger partial charge in [0.25, 0.3) is 0 Å². The third kappa shape index (κ3) is 7.27. The zero-order valence-electron chi connectivity index (χ0n) is 11.9. The Morgan fingerprint density at radius 1 is 1.22 bits per heavy atom. The van der Waals surface area contributed by atoms with Crippen LogP contribution in [-0.4, -0.2) is 34.2 Å². The zero-order chi connectivity index (χ0) is 14.5. The van der Waals surface area contributed by atoms with Crippen LogP contribution < -0.4 is 5.32 Å². The van der Waals surface area contributed by atoms with Crippen molar-refractivity contribution in [1.82, 2.24) is 5.32 Å². The average molecular weight is 259 g/mol. The van der Waals surface area contributed by atoms with Crippen LogP contribution in [0.25, 0.3) is 0 Å². The Kier molecular flexibility index (Phi) is 6.32. The molecule has 0 aliphatic carbocycles. The molecule has 0 rings (SSSR count). The SMILES string of the molecule is CC(CC(=O)NC(C(=O)O)C(C)O)CC(C)(C)C. The van der Waals surface area contributed by atoms with E-state index >= 15 is 0 Å². The lowest BCUT2D eigenvalue weighted by molar-refractivity contribution is -0.144. The summed E-state index contributed by atoms with van der Waals surface area (Å²) in [5, 5.41) is 20.4. The highest BCUT2D eigenvalue weighted by atomic mass is 16.4. The summed E-state index contributed by atoms with van der Waals surface area (Å²) < 4.78 is 0. The number of carbonyl (C=O) groups is 2. The maximum atomic E-state index is 11.7. The Morgan fingerprint density at radius 3 is 2.06 bits per heavy atom. The molecule has 0 radical (unpaired) electrons. The summed E-state index contributed by atoms with van der Waals surface area (Å²) in [4.78, 5) is 22.5. The summed E-state index contributed by atoms with van der Waals surface area (Å²) in [7, 11) is 0. The molecule has 0 heterocycles. The molecule has 18 heavy (non-hydrogen) atoms. The number of carbonyl (C=O) groups excluding carboxylic acids is 1. The first-order valence-corrected chi connectivity index (χ1v) is 6.23. The summed E-state index contributed by atoms with van der Waals surface area (Å²) >= 11 is 0. The molecule has 5 nitrogen and oxygen atoms in total. The van der Waals surface area contributed by atoms with Gasteiger partial charge in [0.2, 0.25) is 5.91 Å². The second-order valence-corrected chi connectivity index (χ2v) is 6.20. The van der Waals surface area contributed by atoms with Crippen molar-refractivity contribution >= 4 is 11.9 Å². The van der Waals surface area contributed by atoms with Gasteiger partial charge in [-0.1, -0.05) is 27.7 Å². The fourth-order valence-electron chi connectivity index (χ4n) is 2.06. The number of hydrogen-bond donors (Lipinski definition) is 3. The fraction of sp³-hybridized carbons (Fsp3) is 0.846. The Balaban J connectivity index is 4.29. The number of aliphatic hydroxyl groups is 1. The van der Waals surface area contributed by atoms with Gasteiger partial charge in [0, 0.05) is 6.42 Å². The van der Waals surface area contributed by atoms with Crippen molar-refractivity contribution in [1.29, 1.82) is 0 Å². The van der Waals surface area contributed by atoms with Crippen LogP contribution in [0.1, 0.15) is 47.5 Å². The number of hydrogen-bond acceptors (Lipinski definition) is 3. The van der Waals surface area contributed by atoms with Crippen molar-refractivity contribution in [2.75, 3.05) is 0 Å². The van der Waals surface area contributed by atoms with Crippen LogP contribution >= 0.6 is 0 Å². The molecular weight excluding hydrogens is 234 g/mol. The summed E-state index contributed by atoms with van der Waals surface area (Å²) in [6, 6.07) is -1.24. The van der Waals surface area contributed by atoms with E-state index in [4.69, 9.17) is 5.11 Å². The summed E-state index contributed by atoms with van der Waals surface area (Å²) in [6.07, 6.45) is 0.0463. The molecule has 3 atom stereocenters. The first kappa shape index (κ1) is 16.9. The normalized spacial score (nSPS) is 16.8. The molecule has 0 bridgehead atoms. The molecule has 0 aromatic heterocycles. The van der Waals surface area contributed by atoms with Crippen molar-refractivity contribution in [3.63, 3.8) is 0 Å². The molecule has 3 unspecified atom stereocenters. The van der Waals surface area contributed by atoms with Crippen LogP contribution in [0.3, 0.4) is 0 Å². The molecule has 5 heteroatoms. The largest absolute Gasteiger partial charge is 0.480 e.